The number of aryl methyl sites for hydroxylation is 1. The first-order valence-corrected chi connectivity index (χ1v) is 9.94. The molecule has 0 amide bonds. The Morgan fingerprint density at radius 1 is 1.14 bits per heavy atom. The fourth-order valence-corrected chi connectivity index (χ4v) is 4.62. The molecule has 0 saturated carbocycles. The molecule has 3 heterocycles. The number of nitrogens with zero attached hydrogens (tertiary/aromatic N) is 4. The second kappa shape index (κ2) is 6.72. The third-order valence-electron chi connectivity index (χ3n) is 4.91. The van der Waals surface area contributed by atoms with E-state index in [2.05, 4.69) is 4.98 Å². The number of imidazole rings is 1. The van der Waals surface area contributed by atoms with Crippen molar-refractivity contribution in [1.29, 1.82) is 0 Å². The van der Waals surface area contributed by atoms with Gasteiger partial charge in [0.15, 0.2) is 0 Å². The second-order valence-electron chi connectivity index (χ2n) is 7.44. The van der Waals surface area contributed by atoms with Crippen molar-refractivity contribution in [3.05, 3.63) is 61.9 Å². The molecule has 1 atom stereocenters. The van der Waals surface area contributed by atoms with E-state index in [1.165, 1.54) is 18.4 Å². The molecule has 1 aromatic carbocycles. The maximum absolute atomic E-state index is 12.6. The number of para-hydroxylation sites is 2. The highest BCUT2D eigenvalue weighted by atomic mass is 32.1. The fraction of sp³-hybridized carbons (Fsp3) is 0.350. The number of benzene rings is 1. The quantitative estimate of drug-likeness (QED) is 0.572. The minimum atomic E-state index is -0.984. The lowest BCUT2D eigenvalue weighted by molar-refractivity contribution is 0.210. The Bertz CT molecular complexity index is 1310. The Labute approximate surface area is 165 Å². The van der Waals surface area contributed by atoms with Crippen LogP contribution in [0.2, 0.25) is 0 Å². The molecule has 0 aliphatic rings. The van der Waals surface area contributed by atoms with E-state index >= 15 is 0 Å². The van der Waals surface area contributed by atoms with Crippen LogP contribution in [-0.4, -0.2) is 23.8 Å². The van der Waals surface area contributed by atoms with Crippen molar-refractivity contribution in [3.63, 3.8) is 0 Å². The zero-order valence-corrected chi connectivity index (χ0v) is 17.0. The van der Waals surface area contributed by atoms with Crippen molar-refractivity contribution in [2.45, 2.75) is 26.5 Å². The Morgan fingerprint density at radius 2 is 1.86 bits per heavy atom. The minimum absolute atomic E-state index is 0.244. The monoisotopic (exact) mass is 398 g/mol. The van der Waals surface area contributed by atoms with E-state index in [4.69, 9.17) is 0 Å². The molecular weight excluding hydrogens is 376 g/mol. The van der Waals surface area contributed by atoms with Crippen molar-refractivity contribution < 1.29 is 5.11 Å². The lowest BCUT2D eigenvalue weighted by Crippen LogP contribution is -2.38. The normalized spacial score (nSPS) is 13.1. The SMILES string of the molecule is CC(C)Cn1c(=O)n(C)c(=O)c2cc(C(O)c3nc4ccccc4n3C)sc21. The van der Waals surface area contributed by atoms with Crippen molar-refractivity contribution in [2.75, 3.05) is 0 Å². The Hall–Kier alpha value is -2.71. The maximum atomic E-state index is 12.6. The van der Waals surface area contributed by atoms with Gasteiger partial charge < -0.3 is 9.67 Å². The van der Waals surface area contributed by atoms with E-state index in [-0.39, 0.29) is 17.2 Å². The average Bonchev–Trinajstić information content (AvgIpc) is 3.25. The summed E-state index contributed by atoms with van der Waals surface area (Å²) in [6.07, 6.45) is -0.984. The Kier molecular flexibility index (Phi) is 4.47. The molecule has 0 bridgehead atoms. The number of rotatable bonds is 4. The highest BCUT2D eigenvalue weighted by molar-refractivity contribution is 7.18. The number of thiophene rings is 1. The van der Waals surface area contributed by atoms with Gasteiger partial charge in [-0.25, -0.2) is 9.78 Å². The van der Waals surface area contributed by atoms with Crippen LogP contribution in [0.15, 0.2) is 39.9 Å². The van der Waals surface area contributed by atoms with Crippen LogP contribution in [0.4, 0.5) is 0 Å². The molecule has 0 radical (unpaired) electrons. The number of aliphatic hydroxyl groups is 1. The number of hydrogen-bond donors (Lipinski definition) is 1. The molecule has 4 rings (SSSR count). The van der Waals surface area contributed by atoms with Crippen molar-refractivity contribution in [3.8, 4) is 0 Å². The van der Waals surface area contributed by atoms with Gasteiger partial charge in [0.05, 0.1) is 16.4 Å². The number of fused-ring (bicyclic) bond motifs is 2. The first-order valence-electron chi connectivity index (χ1n) is 9.12. The van der Waals surface area contributed by atoms with Crippen LogP contribution in [0, 0.1) is 5.92 Å². The van der Waals surface area contributed by atoms with Gasteiger partial charge in [-0.2, -0.15) is 0 Å². The number of aliphatic hydroxyl groups excluding tert-OH is 1. The molecule has 0 fully saturated rings. The van der Waals surface area contributed by atoms with Gasteiger partial charge in [-0.3, -0.25) is 13.9 Å². The summed E-state index contributed by atoms with van der Waals surface area (Å²) in [4.78, 5) is 31.0. The number of hydrogen-bond acceptors (Lipinski definition) is 5. The van der Waals surface area contributed by atoms with Crippen LogP contribution in [-0.2, 0) is 20.6 Å². The van der Waals surface area contributed by atoms with E-state index < -0.39 is 6.10 Å². The number of aromatic nitrogens is 4. The van der Waals surface area contributed by atoms with E-state index in [1.54, 1.807) is 10.6 Å². The van der Waals surface area contributed by atoms with E-state index in [0.717, 1.165) is 15.6 Å². The summed E-state index contributed by atoms with van der Waals surface area (Å²) in [7, 11) is 3.34. The van der Waals surface area contributed by atoms with E-state index in [9.17, 15) is 14.7 Å². The largest absolute Gasteiger partial charge is 0.380 e. The average molecular weight is 398 g/mol. The maximum Gasteiger partial charge on any atom is 0.331 e. The molecule has 0 aliphatic carbocycles. The standard InChI is InChI=1S/C20H22N4O3S/c1-11(2)10-24-19-12(18(26)23(4)20(24)27)9-15(28-19)16(25)17-21-13-7-5-6-8-14(13)22(17)3/h5-9,11,16,25H,10H2,1-4H3. The van der Waals surface area contributed by atoms with Crippen LogP contribution in [0.3, 0.4) is 0 Å². The van der Waals surface area contributed by atoms with Crippen LogP contribution < -0.4 is 11.2 Å². The molecule has 3 aromatic heterocycles. The summed E-state index contributed by atoms with van der Waals surface area (Å²) in [6.45, 7) is 4.55. The van der Waals surface area contributed by atoms with Gasteiger partial charge in [-0.15, -0.1) is 11.3 Å². The summed E-state index contributed by atoms with van der Waals surface area (Å²) in [5, 5.41) is 11.5. The van der Waals surface area contributed by atoms with E-state index in [0.29, 0.717) is 27.5 Å². The molecule has 8 heteroatoms. The Morgan fingerprint density at radius 3 is 2.54 bits per heavy atom. The van der Waals surface area contributed by atoms with Gasteiger partial charge in [0.2, 0.25) is 0 Å². The zero-order chi connectivity index (χ0) is 20.2. The molecular formula is C20H22N4O3S. The first-order chi connectivity index (χ1) is 13.3. The van der Waals surface area contributed by atoms with Crippen LogP contribution in [0.25, 0.3) is 21.3 Å². The summed E-state index contributed by atoms with van der Waals surface area (Å²) in [6, 6.07) is 9.35. The van der Waals surface area contributed by atoms with Gasteiger partial charge in [-0.05, 0) is 24.1 Å². The molecule has 7 nitrogen and oxygen atoms in total. The Balaban J connectivity index is 1.91. The molecule has 1 unspecified atom stereocenters. The topological polar surface area (TPSA) is 82.1 Å². The third-order valence-corrected chi connectivity index (χ3v) is 6.12. The fourth-order valence-electron chi connectivity index (χ4n) is 3.49. The highest BCUT2D eigenvalue weighted by Crippen LogP contribution is 2.32. The molecule has 4 aromatic rings. The zero-order valence-electron chi connectivity index (χ0n) is 16.2. The van der Waals surface area contributed by atoms with Crippen LogP contribution >= 0.6 is 11.3 Å². The lowest BCUT2D eigenvalue weighted by atomic mass is 10.2. The third kappa shape index (κ3) is 2.80. The van der Waals surface area contributed by atoms with Crippen molar-refractivity contribution in [1.82, 2.24) is 18.7 Å². The smallest absolute Gasteiger partial charge is 0.331 e. The van der Waals surface area contributed by atoms with Gasteiger partial charge >= 0.3 is 5.69 Å². The predicted octanol–water partition coefficient (Wildman–Crippen LogP) is 2.39. The summed E-state index contributed by atoms with van der Waals surface area (Å²) in [5.74, 6) is 0.746. The van der Waals surface area contributed by atoms with Crippen molar-refractivity contribution in [2.24, 2.45) is 20.0 Å². The lowest BCUT2D eigenvalue weighted by Gasteiger charge is -2.11. The first kappa shape index (κ1) is 18.6. The summed E-state index contributed by atoms with van der Waals surface area (Å²) < 4.78 is 4.60. The summed E-state index contributed by atoms with van der Waals surface area (Å²) >= 11 is 1.27. The molecule has 0 spiro atoms. The predicted molar refractivity (Wildman–Crippen MR) is 111 cm³/mol. The molecule has 0 aliphatic heterocycles. The van der Waals surface area contributed by atoms with Gasteiger partial charge in [-0.1, -0.05) is 26.0 Å². The van der Waals surface area contributed by atoms with Crippen LogP contribution in [0.1, 0.15) is 30.7 Å². The highest BCUT2D eigenvalue weighted by Gasteiger charge is 2.23. The molecule has 28 heavy (non-hydrogen) atoms. The molecule has 146 valence electrons. The molecule has 1 N–H and O–H groups in total. The van der Waals surface area contributed by atoms with E-state index in [1.807, 2.05) is 49.7 Å². The van der Waals surface area contributed by atoms with Gasteiger partial charge in [0.25, 0.3) is 5.56 Å². The van der Waals surface area contributed by atoms with Crippen molar-refractivity contribution >= 4 is 32.6 Å². The second-order valence-corrected chi connectivity index (χ2v) is 8.50. The molecule has 0 saturated heterocycles. The van der Waals surface area contributed by atoms with Crippen LogP contribution in [0.5, 0.6) is 0 Å². The summed E-state index contributed by atoms with van der Waals surface area (Å²) in [5.41, 5.74) is 1.04. The van der Waals surface area contributed by atoms with Gasteiger partial charge in [0, 0.05) is 25.5 Å². The minimum Gasteiger partial charge on any atom is -0.380 e. The van der Waals surface area contributed by atoms with Gasteiger partial charge in [0.1, 0.15) is 16.8 Å².